The molecule has 0 unspecified atom stereocenters. The van der Waals surface area contributed by atoms with Crippen molar-refractivity contribution in [1.29, 1.82) is 0 Å². The van der Waals surface area contributed by atoms with Gasteiger partial charge in [0.15, 0.2) is 11.5 Å². The number of ether oxygens (including phenoxy) is 3. The van der Waals surface area contributed by atoms with Crippen LogP contribution < -0.4 is 9.47 Å². The zero-order valence-corrected chi connectivity index (χ0v) is 18.2. The predicted octanol–water partition coefficient (Wildman–Crippen LogP) is 4.21. The van der Waals surface area contributed by atoms with Crippen LogP contribution in [0.15, 0.2) is 59.0 Å². The highest BCUT2D eigenvalue weighted by atomic mass is 16.5. The average Bonchev–Trinajstić information content (AvgIpc) is 3.25. The van der Waals surface area contributed by atoms with E-state index in [2.05, 4.69) is 29.2 Å². The van der Waals surface area contributed by atoms with E-state index in [4.69, 9.17) is 18.6 Å². The molecule has 0 aliphatic carbocycles. The van der Waals surface area contributed by atoms with Gasteiger partial charge in [0, 0.05) is 18.7 Å². The fourth-order valence-electron chi connectivity index (χ4n) is 4.23. The molecular weight excluding hydrogens is 394 g/mol. The van der Waals surface area contributed by atoms with E-state index in [1.165, 1.54) is 5.56 Å². The molecule has 3 aromatic rings. The van der Waals surface area contributed by atoms with Crippen LogP contribution in [0.1, 0.15) is 22.9 Å². The Morgan fingerprint density at radius 2 is 1.87 bits per heavy atom. The van der Waals surface area contributed by atoms with Crippen LogP contribution >= 0.6 is 0 Å². The summed E-state index contributed by atoms with van der Waals surface area (Å²) in [6.45, 7) is 3.96. The lowest BCUT2D eigenvalue weighted by Crippen LogP contribution is -2.46. The molecule has 1 aliphatic rings. The molecule has 0 saturated carbocycles. The third-order valence-electron chi connectivity index (χ3n) is 5.72. The van der Waals surface area contributed by atoms with E-state index in [9.17, 15) is 5.11 Å². The van der Waals surface area contributed by atoms with Gasteiger partial charge in [0.1, 0.15) is 17.6 Å². The van der Waals surface area contributed by atoms with Crippen molar-refractivity contribution in [1.82, 2.24) is 4.90 Å². The molecule has 2 heterocycles. The monoisotopic (exact) mass is 423 g/mol. The molecule has 1 fully saturated rings. The second kappa shape index (κ2) is 9.56. The molecule has 1 aromatic heterocycles. The number of hydrogen-bond acceptors (Lipinski definition) is 6. The van der Waals surface area contributed by atoms with Gasteiger partial charge in [-0.05, 0) is 48.4 Å². The first kappa shape index (κ1) is 21.4. The fourth-order valence-corrected chi connectivity index (χ4v) is 4.23. The van der Waals surface area contributed by atoms with E-state index in [-0.39, 0.29) is 18.8 Å². The number of hydrogen-bond donors (Lipinski definition) is 1. The number of furan rings is 1. The van der Waals surface area contributed by atoms with Gasteiger partial charge in [-0.1, -0.05) is 24.3 Å². The number of nitrogens with zero attached hydrogens (tertiary/aromatic N) is 1. The zero-order chi connectivity index (χ0) is 21.8. The number of morpholine rings is 1. The third kappa shape index (κ3) is 4.61. The van der Waals surface area contributed by atoms with Crippen molar-refractivity contribution in [2.45, 2.75) is 25.6 Å². The van der Waals surface area contributed by atoms with Crippen molar-refractivity contribution in [3.63, 3.8) is 0 Å². The van der Waals surface area contributed by atoms with Crippen molar-refractivity contribution >= 4 is 0 Å². The van der Waals surface area contributed by atoms with E-state index in [1.54, 1.807) is 14.2 Å². The molecule has 1 N–H and O–H groups in total. The molecule has 1 saturated heterocycles. The SMILES string of the molecule is COc1ccc([C@@H]2[C@@H](CO)OCCN2Cc2cccc(-c3ccc(C)o3)c2)cc1OC. The Hall–Kier alpha value is -2.80. The Morgan fingerprint density at radius 1 is 1.03 bits per heavy atom. The minimum Gasteiger partial charge on any atom is -0.493 e. The first-order chi connectivity index (χ1) is 15.1. The zero-order valence-electron chi connectivity index (χ0n) is 18.2. The summed E-state index contributed by atoms with van der Waals surface area (Å²) in [5.74, 6) is 3.10. The minimum absolute atomic E-state index is 0.0543. The van der Waals surface area contributed by atoms with Crippen LogP contribution in [0.3, 0.4) is 0 Å². The lowest BCUT2D eigenvalue weighted by atomic mass is 9.96. The molecule has 6 nitrogen and oxygen atoms in total. The molecule has 1 aliphatic heterocycles. The Bertz CT molecular complexity index is 1010. The standard InChI is InChI=1S/C25H29NO5/c1-17-7-9-21(31-17)19-6-4-5-18(13-19)15-26-11-12-30-24(16-27)25(26)20-8-10-22(28-2)23(14-20)29-3/h4-10,13-14,24-25,27H,11-12,15-16H2,1-3H3/t24-,25-/m1/s1. The van der Waals surface area contributed by atoms with Crippen molar-refractivity contribution in [2.24, 2.45) is 0 Å². The van der Waals surface area contributed by atoms with E-state index in [0.717, 1.165) is 35.7 Å². The Morgan fingerprint density at radius 3 is 2.58 bits per heavy atom. The number of aliphatic hydroxyl groups excluding tert-OH is 1. The molecule has 0 bridgehead atoms. The van der Waals surface area contributed by atoms with Crippen molar-refractivity contribution in [3.05, 3.63) is 71.5 Å². The second-order valence-electron chi connectivity index (χ2n) is 7.73. The van der Waals surface area contributed by atoms with Crippen LogP contribution in [-0.2, 0) is 11.3 Å². The molecule has 2 atom stereocenters. The summed E-state index contributed by atoms with van der Waals surface area (Å²) in [6, 6.07) is 18.1. The van der Waals surface area contributed by atoms with E-state index in [0.29, 0.717) is 18.1 Å². The number of methoxy groups -OCH3 is 2. The summed E-state index contributed by atoms with van der Waals surface area (Å²) in [4.78, 5) is 2.35. The number of aliphatic hydroxyl groups is 1. The normalized spacial score (nSPS) is 19.4. The quantitative estimate of drug-likeness (QED) is 0.614. The van der Waals surface area contributed by atoms with Gasteiger partial charge in [0.25, 0.3) is 0 Å². The number of benzene rings is 2. The molecule has 0 spiro atoms. The molecule has 0 radical (unpaired) electrons. The minimum atomic E-state index is -0.317. The summed E-state index contributed by atoms with van der Waals surface area (Å²) < 4.78 is 22.6. The van der Waals surface area contributed by atoms with Crippen molar-refractivity contribution < 1.29 is 23.7 Å². The van der Waals surface area contributed by atoms with Gasteiger partial charge in [-0.25, -0.2) is 0 Å². The maximum Gasteiger partial charge on any atom is 0.161 e. The van der Waals surface area contributed by atoms with Crippen molar-refractivity contribution in [3.8, 4) is 22.8 Å². The Labute approximate surface area is 183 Å². The number of rotatable bonds is 7. The summed E-state index contributed by atoms with van der Waals surface area (Å²) in [6.07, 6.45) is -0.317. The summed E-state index contributed by atoms with van der Waals surface area (Å²) in [5, 5.41) is 10.0. The molecule has 4 rings (SSSR count). The topological polar surface area (TPSA) is 64.3 Å². The lowest BCUT2D eigenvalue weighted by molar-refractivity contribution is -0.0960. The highest BCUT2D eigenvalue weighted by Crippen LogP contribution is 2.36. The van der Waals surface area contributed by atoms with E-state index < -0.39 is 0 Å². The van der Waals surface area contributed by atoms with Crippen LogP contribution in [0.4, 0.5) is 0 Å². The highest BCUT2D eigenvalue weighted by molar-refractivity contribution is 5.58. The lowest BCUT2D eigenvalue weighted by Gasteiger charge is -2.41. The van der Waals surface area contributed by atoms with Gasteiger partial charge >= 0.3 is 0 Å². The van der Waals surface area contributed by atoms with E-state index >= 15 is 0 Å². The Balaban J connectivity index is 1.63. The largest absolute Gasteiger partial charge is 0.493 e. The van der Waals surface area contributed by atoms with Gasteiger partial charge < -0.3 is 23.7 Å². The molecule has 164 valence electrons. The first-order valence-electron chi connectivity index (χ1n) is 10.5. The molecule has 2 aromatic carbocycles. The summed E-state index contributed by atoms with van der Waals surface area (Å²) in [5.41, 5.74) is 3.25. The summed E-state index contributed by atoms with van der Waals surface area (Å²) >= 11 is 0. The predicted molar refractivity (Wildman–Crippen MR) is 118 cm³/mol. The van der Waals surface area contributed by atoms with E-state index in [1.807, 2.05) is 37.3 Å². The van der Waals surface area contributed by atoms with Gasteiger partial charge in [0.05, 0.1) is 33.5 Å². The molecule has 31 heavy (non-hydrogen) atoms. The summed E-state index contributed by atoms with van der Waals surface area (Å²) in [7, 11) is 3.25. The molecule has 0 amide bonds. The molecular formula is C25H29NO5. The fraction of sp³-hybridized carbons (Fsp3) is 0.360. The smallest absolute Gasteiger partial charge is 0.161 e. The van der Waals surface area contributed by atoms with Crippen LogP contribution in [0, 0.1) is 6.92 Å². The van der Waals surface area contributed by atoms with Crippen LogP contribution in [0.5, 0.6) is 11.5 Å². The van der Waals surface area contributed by atoms with Crippen LogP contribution in [-0.4, -0.2) is 50.1 Å². The molecule has 6 heteroatoms. The number of aryl methyl sites for hydroxylation is 1. The van der Waals surface area contributed by atoms with Crippen LogP contribution in [0.2, 0.25) is 0 Å². The van der Waals surface area contributed by atoms with Crippen molar-refractivity contribution in [2.75, 3.05) is 34.0 Å². The van der Waals surface area contributed by atoms with Crippen LogP contribution in [0.25, 0.3) is 11.3 Å². The van der Waals surface area contributed by atoms with Gasteiger partial charge in [-0.2, -0.15) is 0 Å². The Kier molecular flexibility index (Phi) is 6.61. The second-order valence-corrected chi connectivity index (χ2v) is 7.73. The van der Waals surface area contributed by atoms with Gasteiger partial charge in [-0.15, -0.1) is 0 Å². The maximum absolute atomic E-state index is 10.0. The van der Waals surface area contributed by atoms with Gasteiger partial charge in [-0.3, -0.25) is 4.90 Å². The first-order valence-corrected chi connectivity index (χ1v) is 10.5. The maximum atomic E-state index is 10.0. The third-order valence-corrected chi connectivity index (χ3v) is 5.72. The average molecular weight is 424 g/mol. The van der Waals surface area contributed by atoms with Gasteiger partial charge in [0.2, 0.25) is 0 Å². The highest BCUT2D eigenvalue weighted by Gasteiger charge is 2.33.